The quantitative estimate of drug-likeness (QED) is 0.347. The van der Waals surface area contributed by atoms with Crippen molar-refractivity contribution in [3.05, 3.63) is 81.3 Å². The minimum Gasteiger partial charge on any atom is -0.443 e. The van der Waals surface area contributed by atoms with Crippen LogP contribution in [0, 0.1) is 22.0 Å². The van der Waals surface area contributed by atoms with Crippen LogP contribution < -0.4 is 4.74 Å². The summed E-state index contributed by atoms with van der Waals surface area (Å²) in [7, 11) is 0. The Labute approximate surface area is 179 Å². The van der Waals surface area contributed by atoms with Crippen molar-refractivity contribution in [3.8, 4) is 17.9 Å². The fraction of sp³-hybridized carbons (Fsp3) is 0.238. The molecular weight excluding hydrogens is 429 g/mol. The number of halogens is 3. The molecule has 164 valence electrons. The Morgan fingerprint density at radius 3 is 2.84 bits per heavy atom. The molecule has 3 aromatic rings. The summed E-state index contributed by atoms with van der Waals surface area (Å²) in [4.78, 5) is 17.8. The van der Waals surface area contributed by atoms with Crippen molar-refractivity contribution < 1.29 is 27.6 Å². The first-order valence-corrected chi connectivity index (χ1v) is 9.38. The Balaban J connectivity index is 1.37. The molecule has 0 fully saturated rings. The number of hydrogen-bond acceptors (Lipinski definition) is 6. The number of nitro groups is 1. The number of ether oxygens (including phenoxy) is 2. The van der Waals surface area contributed by atoms with Gasteiger partial charge >= 0.3 is 18.0 Å². The zero-order chi connectivity index (χ0) is 22.7. The van der Waals surface area contributed by atoms with Crippen LogP contribution in [0.1, 0.15) is 22.4 Å². The van der Waals surface area contributed by atoms with Crippen LogP contribution in [0.25, 0.3) is 0 Å². The molecular formula is C21H15F3N4O4. The highest BCUT2D eigenvalue weighted by Gasteiger charge is 2.30. The first-order chi connectivity index (χ1) is 15.3. The number of imidazole rings is 1. The van der Waals surface area contributed by atoms with Gasteiger partial charge in [0.1, 0.15) is 24.6 Å². The molecule has 1 atom stereocenters. The van der Waals surface area contributed by atoms with Gasteiger partial charge in [0.2, 0.25) is 0 Å². The molecule has 1 aliphatic heterocycles. The van der Waals surface area contributed by atoms with Crippen LogP contribution in [0.3, 0.4) is 0 Å². The molecule has 11 heteroatoms. The van der Waals surface area contributed by atoms with E-state index < -0.39 is 16.7 Å². The molecule has 0 bridgehead atoms. The molecule has 0 N–H and O–H groups in total. The first-order valence-electron chi connectivity index (χ1n) is 9.38. The van der Waals surface area contributed by atoms with Crippen molar-refractivity contribution in [2.45, 2.75) is 25.4 Å². The summed E-state index contributed by atoms with van der Waals surface area (Å²) >= 11 is 0. The molecule has 32 heavy (non-hydrogen) atoms. The number of hydrogen-bond donors (Lipinski definition) is 0. The third kappa shape index (κ3) is 5.04. The third-order valence-electron chi connectivity index (χ3n) is 4.55. The highest BCUT2D eigenvalue weighted by molar-refractivity contribution is 5.42. The van der Waals surface area contributed by atoms with Gasteiger partial charge in [0, 0.05) is 16.7 Å². The van der Waals surface area contributed by atoms with Crippen molar-refractivity contribution in [3.63, 3.8) is 0 Å². The molecule has 8 nitrogen and oxygen atoms in total. The predicted octanol–water partition coefficient (Wildman–Crippen LogP) is 3.58. The average Bonchev–Trinajstić information content (AvgIpc) is 3.20. The Bertz CT molecular complexity index is 1200. The van der Waals surface area contributed by atoms with Crippen molar-refractivity contribution in [1.82, 2.24) is 14.5 Å². The van der Waals surface area contributed by atoms with Crippen molar-refractivity contribution >= 4 is 5.82 Å². The lowest BCUT2D eigenvalue weighted by molar-refractivity contribution is -0.389. The molecule has 0 aliphatic carbocycles. The van der Waals surface area contributed by atoms with E-state index in [2.05, 4.69) is 21.8 Å². The number of fused-ring (bicyclic) bond motifs is 1. The smallest absolute Gasteiger partial charge is 0.417 e. The molecule has 1 aliphatic rings. The van der Waals surface area contributed by atoms with E-state index >= 15 is 0 Å². The minimum atomic E-state index is -4.44. The van der Waals surface area contributed by atoms with E-state index in [1.807, 2.05) is 6.07 Å². The maximum atomic E-state index is 12.6. The highest BCUT2D eigenvalue weighted by atomic mass is 19.4. The van der Waals surface area contributed by atoms with E-state index in [1.165, 1.54) is 16.8 Å². The second-order valence-electron chi connectivity index (χ2n) is 6.92. The van der Waals surface area contributed by atoms with Gasteiger partial charge in [0.15, 0.2) is 0 Å². The van der Waals surface area contributed by atoms with Gasteiger partial charge < -0.3 is 19.6 Å². The van der Waals surface area contributed by atoms with Crippen LogP contribution in [-0.2, 0) is 24.1 Å². The van der Waals surface area contributed by atoms with Gasteiger partial charge in [-0.15, -0.1) is 0 Å². The highest BCUT2D eigenvalue weighted by Crippen LogP contribution is 2.28. The van der Waals surface area contributed by atoms with Crippen LogP contribution in [0.2, 0.25) is 0 Å². The van der Waals surface area contributed by atoms with E-state index in [-0.39, 0.29) is 36.8 Å². The fourth-order valence-corrected chi connectivity index (χ4v) is 2.98. The van der Waals surface area contributed by atoms with Crippen molar-refractivity contribution in [2.75, 3.05) is 6.61 Å². The topological polar surface area (TPSA) is 92.3 Å². The van der Waals surface area contributed by atoms with Crippen molar-refractivity contribution in [1.29, 1.82) is 0 Å². The number of benzene rings is 1. The van der Waals surface area contributed by atoms with Crippen LogP contribution in [0.4, 0.5) is 19.0 Å². The van der Waals surface area contributed by atoms with Gasteiger partial charge in [-0.05, 0) is 40.7 Å². The number of nitrogens with zero attached hydrogens (tertiary/aromatic N) is 4. The summed E-state index contributed by atoms with van der Waals surface area (Å²) in [6.07, 6.45) is -2.70. The summed E-state index contributed by atoms with van der Waals surface area (Å²) in [5.74, 6) is 5.33. The van der Waals surface area contributed by atoms with E-state index in [4.69, 9.17) is 9.47 Å². The van der Waals surface area contributed by atoms with Crippen LogP contribution in [-0.4, -0.2) is 32.2 Å². The van der Waals surface area contributed by atoms with Crippen LogP contribution in [0.5, 0.6) is 6.01 Å². The number of alkyl halides is 3. The Kier molecular flexibility index (Phi) is 5.79. The average molecular weight is 444 g/mol. The lowest BCUT2D eigenvalue weighted by Gasteiger charge is -2.22. The fourth-order valence-electron chi connectivity index (χ4n) is 2.98. The van der Waals surface area contributed by atoms with Gasteiger partial charge in [0.05, 0.1) is 18.7 Å². The summed E-state index contributed by atoms with van der Waals surface area (Å²) in [5, 5.41) is 10.8. The molecule has 0 amide bonds. The SMILES string of the molecule is O=[N+]([O-])c1cn2c(n1)OC[C@@H](OCc1cccc(C#Cc3ccc(C(F)(F)F)cn3)c1)C2. The predicted molar refractivity (Wildman–Crippen MR) is 105 cm³/mol. The monoisotopic (exact) mass is 444 g/mol. The molecule has 4 rings (SSSR count). The Morgan fingerprint density at radius 2 is 2.12 bits per heavy atom. The molecule has 0 unspecified atom stereocenters. The van der Waals surface area contributed by atoms with Crippen molar-refractivity contribution in [2.24, 2.45) is 0 Å². The molecule has 0 saturated carbocycles. The normalized spacial score (nSPS) is 15.3. The van der Waals surface area contributed by atoms with E-state index in [0.29, 0.717) is 12.1 Å². The number of pyridine rings is 1. The zero-order valence-corrected chi connectivity index (χ0v) is 16.4. The van der Waals surface area contributed by atoms with E-state index in [0.717, 1.165) is 17.8 Å². The summed E-state index contributed by atoms with van der Waals surface area (Å²) < 4.78 is 50.6. The Hall–Kier alpha value is -3.91. The molecule has 3 heterocycles. The van der Waals surface area contributed by atoms with Crippen LogP contribution in [0.15, 0.2) is 48.8 Å². The van der Waals surface area contributed by atoms with Gasteiger partial charge in [0.25, 0.3) is 0 Å². The number of rotatable bonds is 4. The largest absolute Gasteiger partial charge is 0.443 e. The first kappa shape index (κ1) is 21.3. The standard InChI is InChI=1S/C21H15F3N4O4/c22-21(23,24)16-5-7-17(25-9-16)6-4-14-2-1-3-15(8-14)12-31-18-10-27-11-19(28(29)30)26-20(27)32-13-18/h1-3,5,7-9,11,18H,10,12-13H2/t18-/m0/s1. The molecule has 0 radical (unpaired) electrons. The summed E-state index contributed by atoms with van der Waals surface area (Å²) in [6, 6.07) is 9.55. The molecule has 1 aromatic carbocycles. The maximum Gasteiger partial charge on any atom is 0.417 e. The van der Waals surface area contributed by atoms with Gasteiger partial charge in [-0.3, -0.25) is 4.57 Å². The zero-order valence-electron chi connectivity index (χ0n) is 16.4. The van der Waals surface area contributed by atoms with E-state index in [1.54, 1.807) is 18.2 Å². The molecule has 0 saturated heterocycles. The van der Waals surface area contributed by atoms with Gasteiger partial charge in [-0.1, -0.05) is 18.1 Å². The third-order valence-corrected chi connectivity index (χ3v) is 4.55. The lowest BCUT2D eigenvalue weighted by atomic mass is 10.1. The maximum absolute atomic E-state index is 12.6. The van der Waals surface area contributed by atoms with Gasteiger partial charge in [-0.2, -0.15) is 13.2 Å². The lowest BCUT2D eigenvalue weighted by Crippen LogP contribution is -2.32. The second-order valence-corrected chi connectivity index (χ2v) is 6.92. The number of aromatic nitrogens is 3. The van der Waals surface area contributed by atoms with Crippen LogP contribution >= 0.6 is 0 Å². The molecule has 0 spiro atoms. The Morgan fingerprint density at radius 1 is 1.28 bits per heavy atom. The summed E-state index contributed by atoms with van der Waals surface area (Å²) in [5.41, 5.74) is 0.885. The second kappa shape index (κ2) is 8.68. The minimum absolute atomic E-state index is 0.186. The molecule has 2 aromatic heterocycles. The van der Waals surface area contributed by atoms with Gasteiger partial charge in [-0.25, -0.2) is 4.98 Å². The van der Waals surface area contributed by atoms with E-state index in [9.17, 15) is 23.3 Å². The summed E-state index contributed by atoms with van der Waals surface area (Å²) in [6.45, 7) is 0.844.